The molecule has 2 aromatic rings. The van der Waals surface area contributed by atoms with E-state index in [0.717, 1.165) is 0 Å². The number of benzene rings is 2. The van der Waals surface area contributed by atoms with Gasteiger partial charge in [0.1, 0.15) is 0 Å². The molecule has 0 aliphatic heterocycles. The van der Waals surface area contributed by atoms with Crippen molar-refractivity contribution in [3.05, 3.63) is 76.3 Å². The second kappa shape index (κ2) is 5.61. The fourth-order valence-electron chi connectivity index (χ4n) is 1.90. The highest BCUT2D eigenvalue weighted by Crippen LogP contribution is 2.30. The summed E-state index contributed by atoms with van der Waals surface area (Å²) in [6, 6.07) is 13.9. The summed E-state index contributed by atoms with van der Waals surface area (Å²) in [6.45, 7) is 0. The minimum Gasteiger partial charge on any atom is -0.261 e. The van der Waals surface area contributed by atoms with E-state index in [4.69, 9.17) is 0 Å². The van der Waals surface area contributed by atoms with Crippen LogP contribution in [0.1, 0.15) is 5.56 Å². The molecule has 0 saturated carbocycles. The molecule has 0 amide bonds. The van der Waals surface area contributed by atoms with Gasteiger partial charge in [-0.2, -0.15) is 4.39 Å². The van der Waals surface area contributed by atoms with Gasteiger partial charge in [0.05, 0.1) is 15.4 Å². The predicted molar refractivity (Wildman–Crippen MR) is 74.7 cm³/mol. The lowest BCUT2D eigenvalue weighted by Crippen LogP contribution is -2.38. The highest BCUT2D eigenvalue weighted by molar-refractivity contribution is 7.91. The van der Waals surface area contributed by atoms with Crippen LogP contribution in [-0.4, -0.2) is 19.1 Å². The Bertz CT molecular complexity index is 734. The number of hydrogen-bond acceptors (Lipinski definition) is 4. The summed E-state index contributed by atoms with van der Waals surface area (Å²) in [4.78, 5) is 9.74. The monoisotopic (exact) mass is 309 g/mol. The van der Waals surface area contributed by atoms with Gasteiger partial charge in [0.25, 0.3) is 0 Å². The Hall–Kier alpha value is -2.28. The number of hydrogen-bond donors (Lipinski definition) is 0. The third-order valence-electron chi connectivity index (χ3n) is 2.99. The lowest BCUT2D eigenvalue weighted by atomic mass is 10.1. The van der Waals surface area contributed by atoms with Crippen LogP contribution in [0.2, 0.25) is 0 Å². The molecule has 2 rings (SSSR count). The van der Waals surface area contributed by atoms with Gasteiger partial charge in [0.15, 0.2) is 15.6 Å². The van der Waals surface area contributed by atoms with Gasteiger partial charge in [-0.25, -0.2) is 8.42 Å². The first kappa shape index (κ1) is 15.1. The highest BCUT2D eigenvalue weighted by atomic mass is 32.2. The van der Waals surface area contributed by atoms with E-state index < -0.39 is 26.3 Å². The number of nitro groups is 1. The molecule has 0 aliphatic carbocycles. The number of alkyl halides is 1. The van der Waals surface area contributed by atoms with Crippen molar-refractivity contribution in [1.82, 2.24) is 0 Å². The first-order chi connectivity index (χ1) is 9.86. The van der Waals surface area contributed by atoms with Crippen LogP contribution in [0, 0.1) is 10.1 Å². The predicted octanol–water partition coefficient (Wildman–Crippen LogP) is 2.56. The molecule has 1 atom stereocenters. The fraction of sp³-hybridized carbons (Fsp3) is 0.143. The average Bonchev–Trinajstić information content (AvgIpc) is 2.48. The zero-order valence-corrected chi connectivity index (χ0v) is 11.7. The highest BCUT2D eigenvalue weighted by Gasteiger charge is 2.49. The molecule has 0 bridgehead atoms. The third kappa shape index (κ3) is 3.08. The molecule has 0 radical (unpaired) electrons. The molecular formula is C14H12FNO4S. The van der Waals surface area contributed by atoms with Crippen LogP contribution in [0.5, 0.6) is 0 Å². The molecule has 0 aromatic heterocycles. The number of halogens is 1. The van der Waals surface area contributed by atoms with Crippen LogP contribution in [0.15, 0.2) is 65.6 Å². The van der Waals surface area contributed by atoms with E-state index >= 15 is 0 Å². The van der Waals surface area contributed by atoms with Crippen molar-refractivity contribution in [3.63, 3.8) is 0 Å². The van der Waals surface area contributed by atoms with Crippen LogP contribution in [0.25, 0.3) is 0 Å². The normalized spacial score (nSPS) is 14.3. The van der Waals surface area contributed by atoms with Gasteiger partial charge < -0.3 is 0 Å². The Morgan fingerprint density at radius 1 is 1.00 bits per heavy atom. The van der Waals surface area contributed by atoms with Gasteiger partial charge >= 0.3 is 5.79 Å². The Kier molecular flexibility index (Phi) is 4.04. The quantitative estimate of drug-likeness (QED) is 0.483. The summed E-state index contributed by atoms with van der Waals surface area (Å²) >= 11 is 0. The van der Waals surface area contributed by atoms with Crippen LogP contribution < -0.4 is 0 Å². The van der Waals surface area contributed by atoms with Crippen molar-refractivity contribution in [3.8, 4) is 0 Å². The van der Waals surface area contributed by atoms with Crippen molar-refractivity contribution in [2.75, 3.05) is 5.75 Å². The lowest BCUT2D eigenvalue weighted by Gasteiger charge is -2.17. The van der Waals surface area contributed by atoms with Crippen molar-refractivity contribution in [2.24, 2.45) is 0 Å². The summed E-state index contributed by atoms with van der Waals surface area (Å²) in [6.07, 6.45) is 0. The molecule has 5 nitrogen and oxygen atoms in total. The first-order valence-corrected chi connectivity index (χ1v) is 7.68. The Morgan fingerprint density at radius 3 is 1.95 bits per heavy atom. The van der Waals surface area contributed by atoms with E-state index in [9.17, 15) is 22.9 Å². The van der Waals surface area contributed by atoms with Gasteiger partial charge in [-0.1, -0.05) is 36.4 Å². The molecule has 0 aliphatic rings. The van der Waals surface area contributed by atoms with E-state index in [1.165, 1.54) is 48.5 Å². The maximum Gasteiger partial charge on any atom is 0.398 e. The Morgan fingerprint density at radius 2 is 1.48 bits per heavy atom. The number of rotatable bonds is 5. The van der Waals surface area contributed by atoms with E-state index in [2.05, 4.69) is 0 Å². The van der Waals surface area contributed by atoms with Crippen molar-refractivity contribution < 1.29 is 17.7 Å². The number of nitrogens with zero attached hydrogens (tertiary/aromatic N) is 1. The molecular weight excluding hydrogens is 297 g/mol. The zero-order valence-electron chi connectivity index (χ0n) is 10.8. The SMILES string of the molecule is O=[N+]([O-])C(F)(CS(=O)(=O)c1ccccc1)c1ccccc1. The topological polar surface area (TPSA) is 77.3 Å². The van der Waals surface area contributed by atoms with Crippen LogP contribution >= 0.6 is 0 Å². The third-order valence-corrected chi connectivity index (χ3v) is 4.74. The van der Waals surface area contributed by atoms with Crippen LogP contribution in [-0.2, 0) is 15.6 Å². The molecule has 7 heteroatoms. The van der Waals surface area contributed by atoms with Crippen LogP contribution in [0.3, 0.4) is 0 Å². The molecule has 0 heterocycles. The Labute approximate surface area is 121 Å². The molecule has 2 aromatic carbocycles. The molecule has 0 saturated heterocycles. The van der Waals surface area contributed by atoms with Gasteiger partial charge in [-0.15, -0.1) is 0 Å². The van der Waals surface area contributed by atoms with E-state index in [-0.39, 0.29) is 10.5 Å². The summed E-state index contributed by atoms with van der Waals surface area (Å²) < 4.78 is 39.1. The van der Waals surface area contributed by atoms with E-state index in [0.29, 0.717) is 0 Å². The molecule has 110 valence electrons. The zero-order chi connectivity index (χ0) is 15.5. The van der Waals surface area contributed by atoms with Crippen molar-refractivity contribution in [2.45, 2.75) is 10.7 Å². The Balaban J connectivity index is 2.45. The summed E-state index contributed by atoms with van der Waals surface area (Å²) in [5.74, 6) is -4.43. The smallest absolute Gasteiger partial charge is 0.261 e. The minimum absolute atomic E-state index is 0.148. The molecule has 1 unspecified atom stereocenters. The van der Waals surface area contributed by atoms with Crippen molar-refractivity contribution >= 4 is 9.84 Å². The maximum absolute atomic E-state index is 14.7. The largest absolute Gasteiger partial charge is 0.398 e. The second-order valence-electron chi connectivity index (χ2n) is 4.45. The molecule has 0 spiro atoms. The van der Waals surface area contributed by atoms with Crippen LogP contribution in [0.4, 0.5) is 4.39 Å². The van der Waals surface area contributed by atoms with E-state index in [1.54, 1.807) is 12.1 Å². The second-order valence-corrected chi connectivity index (χ2v) is 6.44. The molecule has 0 N–H and O–H groups in total. The van der Waals surface area contributed by atoms with E-state index in [1.807, 2.05) is 0 Å². The first-order valence-electron chi connectivity index (χ1n) is 6.03. The van der Waals surface area contributed by atoms with Crippen molar-refractivity contribution in [1.29, 1.82) is 0 Å². The average molecular weight is 309 g/mol. The molecule has 21 heavy (non-hydrogen) atoms. The lowest BCUT2D eigenvalue weighted by molar-refractivity contribution is -0.609. The minimum atomic E-state index is -4.13. The standard InChI is InChI=1S/C14H12FNO4S/c15-14(16(17)18,12-7-3-1-4-8-12)11-21(19,20)13-9-5-2-6-10-13/h1-10H,11H2. The van der Waals surface area contributed by atoms with Gasteiger partial charge in [0, 0.05) is 0 Å². The summed E-state index contributed by atoms with van der Waals surface area (Å²) in [7, 11) is -4.13. The number of sulfone groups is 1. The van der Waals surface area contributed by atoms with Gasteiger partial charge in [-0.05, 0) is 24.3 Å². The van der Waals surface area contributed by atoms with Gasteiger partial charge in [-0.3, -0.25) is 10.1 Å². The maximum atomic E-state index is 14.7. The summed E-state index contributed by atoms with van der Waals surface area (Å²) in [5.41, 5.74) is -0.297. The fourth-order valence-corrected chi connectivity index (χ4v) is 3.41. The van der Waals surface area contributed by atoms with Gasteiger partial charge in [0.2, 0.25) is 0 Å². The summed E-state index contributed by atoms with van der Waals surface area (Å²) in [5, 5.41) is 11.1. The molecule has 0 fully saturated rings.